The molecule has 4 heteroatoms. The second kappa shape index (κ2) is 4.14. The molecule has 0 unspecified atom stereocenters. The van der Waals surface area contributed by atoms with E-state index >= 15 is 0 Å². The molecule has 1 aromatic rings. The van der Waals surface area contributed by atoms with E-state index in [0.717, 1.165) is 0 Å². The molecule has 0 saturated heterocycles. The van der Waals surface area contributed by atoms with Gasteiger partial charge in [-0.1, -0.05) is 0 Å². The van der Waals surface area contributed by atoms with Crippen LogP contribution in [0.4, 0.5) is 0 Å². The summed E-state index contributed by atoms with van der Waals surface area (Å²) in [5, 5.41) is 8.68. The lowest BCUT2D eigenvalue weighted by atomic mass is 10.1. The monoisotopic (exact) mass is 200 g/mol. The third-order valence-corrected chi connectivity index (χ3v) is 1.96. The summed E-state index contributed by atoms with van der Waals surface area (Å²) in [5.74, 6) is -0.112. The van der Waals surface area contributed by atoms with Crippen molar-refractivity contribution in [3.8, 4) is 5.75 Å². The SMILES string of the molecule is COc1ccc(C(=O)O)cc1CCl. The van der Waals surface area contributed by atoms with Crippen LogP contribution >= 0.6 is 11.6 Å². The van der Waals surface area contributed by atoms with Crippen LogP contribution in [-0.2, 0) is 5.88 Å². The summed E-state index contributed by atoms with van der Waals surface area (Å²) >= 11 is 5.61. The molecule has 0 spiro atoms. The average molecular weight is 201 g/mol. The summed E-state index contributed by atoms with van der Waals surface area (Å²) in [7, 11) is 1.52. The lowest BCUT2D eigenvalue weighted by Crippen LogP contribution is -1.98. The fraction of sp³-hybridized carbons (Fsp3) is 0.222. The summed E-state index contributed by atoms with van der Waals surface area (Å²) in [6, 6.07) is 4.59. The van der Waals surface area contributed by atoms with E-state index in [9.17, 15) is 4.79 Å². The van der Waals surface area contributed by atoms with Gasteiger partial charge in [-0.2, -0.15) is 0 Å². The van der Waals surface area contributed by atoms with Gasteiger partial charge >= 0.3 is 5.97 Å². The molecule has 0 amide bonds. The Labute approximate surface area is 80.9 Å². The van der Waals surface area contributed by atoms with Gasteiger partial charge in [0.25, 0.3) is 0 Å². The Kier molecular flexibility index (Phi) is 3.14. The molecule has 70 valence electrons. The Bertz CT molecular complexity index is 323. The van der Waals surface area contributed by atoms with Crippen molar-refractivity contribution in [2.24, 2.45) is 0 Å². The molecule has 0 heterocycles. The third kappa shape index (κ3) is 2.12. The summed E-state index contributed by atoms with van der Waals surface area (Å²) in [6.45, 7) is 0. The van der Waals surface area contributed by atoms with E-state index in [1.807, 2.05) is 0 Å². The van der Waals surface area contributed by atoms with Crippen LogP contribution in [0.2, 0.25) is 0 Å². The number of methoxy groups -OCH3 is 1. The highest BCUT2D eigenvalue weighted by Crippen LogP contribution is 2.21. The van der Waals surface area contributed by atoms with Gasteiger partial charge in [-0.25, -0.2) is 4.79 Å². The van der Waals surface area contributed by atoms with Gasteiger partial charge in [0.2, 0.25) is 0 Å². The highest BCUT2D eigenvalue weighted by Gasteiger charge is 2.07. The first kappa shape index (κ1) is 9.86. The van der Waals surface area contributed by atoms with Gasteiger partial charge in [0.05, 0.1) is 18.6 Å². The second-order valence-electron chi connectivity index (χ2n) is 2.47. The van der Waals surface area contributed by atoms with Gasteiger partial charge in [0, 0.05) is 5.56 Å². The van der Waals surface area contributed by atoms with Crippen molar-refractivity contribution in [2.75, 3.05) is 7.11 Å². The van der Waals surface area contributed by atoms with Crippen molar-refractivity contribution >= 4 is 17.6 Å². The third-order valence-electron chi connectivity index (χ3n) is 1.67. The van der Waals surface area contributed by atoms with E-state index in [1.54, 1.807) is 6.07 Å². The van der Waals surface area contributed by atoms with Gasteiger partial charge in [0.15, 0.2) is 0 Å². The molecule has 0 aliphatic carbocycles. The maximum Gasteiger partial charge on any atom is 0.335 e. The fourth-order valence-electron chi connectivity index (χ4n) is 1.02. The topological polar surface area (TPSA) is 46.5 Å². The predicted molar refractivity (Wildman–Crippen MR) is 49.5 cm³/mol. The van der Waals surface area contributed by atoms with Crippen LogP contribution in [-0.4, -0.2) is 18.2 Å². The van der Waals surface area contributed by atoms with E-state index in [4.69, 9.17) is 21.4 Å². The van der Waals surface area contributed by atoms with E-state index in [-0.39, 0.29) is 11.4 Å². The smallest absolute Gasteiger partial charge is 0.335 e. The first-order valence-electron chi connectivity index (χ1n) is 3.65. The zero-order valence-electron chi connectivity index (χ0n) is 7.08. The molecule has 1 aromatic carbocycles. The van der Waals surface area contributed by atoms with E-state index in [2.05, 4.69) is 0 Å². The minimum Gasteiger partial charge on any atom is -0.496 e. The van der Waals surface area contributed by atoms with Gasteiger partial charge in [0.1, 0.15) is 5.75 Å². The van der Waals surface area contributed by atoms with Crippen LogP contribution in [0.3, 0.4) is 0 Å². The van der Waals surface area contributed by atoms with Crippen LogP contribution in [0.5, 0.6) is 5.75 Å². The van der Waals surface area contributed by atoms with Crippen molar-refractivity contribution in [1.82, 2.24) is 0 Å². The maximum absolute atomic E-state index is 10.6. The summed E-state index contributed by atoms with van der Waals surface area (Å²) in [5.41, 5.74) is 0.903. The molecule has 13 heavy (non-hydrogen) atoms. The molecular weight excluding hydrogens is 192 g/mol. The number of rotatable bonds is 3. The molecule has 0 aliphatic heterocycles. The van der Waals surface area contributed by atoms with Gasteiger partial charge in [-0.15, -0.1) is 11.6 Å². The predicted octanol–water partition coefficient (Wildman–Crippen LogP) is 2.13. The lowest BCUT2D eigenvalue weighted by molar-refractivity contribution is 0.0696. The molecule has 1 N–H and O–H groups in total. The van der Waals surface area contributed by atoms with Gasteiger partial charge in [-0.05, 0) is 18.2 Å². The lowest BCUT2D eigenvalue weighted by Gasteiger charge is -2.05. The largest absolute Gasteiger partial charge is 0.496 e. The van der Waals surface area contributed by atoms with Crippen molar-refractivity contribution in [3.05, 3.63) is 29.3 Å². The fourth-order valence-corrected chi connectivity index (χ4v) is 1.22. The zero-order valence-corrected chi connectivity index (χ0v) is 7.84. The number of alkyl halides is 1. The molecule has 0 radical (unpaired) electrons. The number of hydrogen-bond acceptors (Lipinski definition) is 2. The quantitative estimate of drug-likeness (QED) is 0.761. The van der Waals surface area contributed by atoms with Crippen LogP contribution in [0.15, 0.2) is 18.2 Å². The Morgan fingerprint density at radius 3 is 2.77 bits per heavy atom. The number of carboxylic acids is 1. The number of carbonyl (C=O) groups is 1. The molecule has 0 bridgehead atoms. The van der Waals surface area contributed by atoms with Gasteiger partial charge < -0.3 is 9.84 Å². The number of ether oxygens (including phenoxy) is 1. The zero-order chi connectivity index (χ0) is 9.84. The molecule has 0 atom stereocenters. The normalized spacial score (nSPS) is 9.69. The minimum atomic E-state index is -0.964. The Balaban J connectivity index is 3.13. The first-order chi connectivity index (χ1) is 6.19. The highest BCUT2D eigenvalue weighted by molar-refractivity contribution is 6.17. The minimum absolute atomic E-state index is 0.219. The van der Waals surface area contributed by atoms with Crippen LogP contribution in [0.1, 0.15) is 15.9 Å². The Morgan fingerprint density at radius 2 is 2.31 bits per heavy atom. The number of carboxylic acid groups (broad SMARTS) is 1. The highest BCUT2D eigenvalue weighted by atomic mass is 35.5. The van der Waals surface area contributed by atoms with E-state index in [1.165, 1.54) is 19.2 Å². The van der Waals surface area contributed by atoms with Crippen LogP contribution in [0, 0.1) is 0 Å². The van der Waals surface area contributed by atoms with Crippen molar-refractivity contribution in [2.45, 2.75) is 5.88 Å². The second-order valence-corrected chi connectivity index (χ2v) is 2.73. The Hall–Kier alpha value is -1.22. The number of halogens is 1. The van der Waals surface area contributed by atoms with Gasteiger partial charge in [-0.3, -0.25) is 0 Å². The number of hydrogen-bond donors (Lipinski definition) is 1. The molecule has 0 aromatic heterocycles. The number of benzene rings is 1. The Morgan fingerprint density at radius 1 is 1.62 bits per heavy atom. The summed E-state index contributed by atoms with van der Waals surface area (Å²) in [4.78, 5) is 10.6. The van der Waals surface area contributed by atoms with Crippen molar-refractivity contribution < 1.29 is 14.6 Å². The molecule has 0 fully saturated rings. The van der Waals surface area contributed by atoms with Crippen molar-refractivity contribution in [3.63, 3.8) is 0 Å². The molecule has 0 aliphatic rings. The summed E-state index contributed by atoms with van der Waals surface area (Å²) in [6.07, 6.45) is 0. The number of aromatic carboxylic acids is 1. The van der Waals surface area contributed by atoms with Crippen LogP contribution < -0.4 is 4.74 Å². The summed E-state index contributed by atoms with van der Waals surface area (Å²) < 4.78 is 4.99. The first-order valence-corrected chi connectivity index (χ1v) is 4.18. The van der Waals surface area contributed by atoms with E-state index < -0.39 is 5.97 Å². The maximum atomic E-state index is 10.6. The van der Waals surface area contributed by atoms with Crippen molar-refractivity contribution in [1.29, 1.82) is 0 Å². The van der Waals surface area contributed by atoms with Crippen LogP contribution in [0.25, 0.3) is 0 Å². The molecule has 1 rings (SSSR count). The standard InChI is InChI=1S/C9H9ClO3/c1-13-8-3-2-6(9(11)12)4-7(8)5-10/h2-4H,5H2,1H3,(H,11,12). The molecule has 3 nitrogen and oxygen atoms in total. The molecular formula is C9H9ClO3. The molecule has 0 saturated carbocycles. The average Bonchev–Trinajstić information content (AvgIpc) is 2.16. The van der Waals surface area contributed by atoms with E-state index in [0.29, 0.717) is 11.3 Å².